The van der Waals surface area contributed by atoms with Crippen molar-refractivity contribution in [2.24, 2.45) is 0 Å². The van der Waals surface area contributed by atoms with E-state index in [1.165, 1.54) is 11.8 Å². The number of unbranched alkanes of at least 4 members (excludes halogenated alkanes) is 1. The molecule has 0 fully saturated rings. The van der Waals surface area contributed by atoms with Crippen LogP contribution in [0.25, 0.3) is 0 Å². The minimum absolute atomic E-state index is 0.203. The van der Waals surface area contributed by atoms with Gasteiger partial charge in [0, 0.05) is 15.6 Å². The average Bonchev–Trinajstić information content (AvgIpc) is 3.14. The summed E-state index contributed by atoms with van der Waals surface area (Å²) in [4.78, 5) is 41.7. The zero-order valence-corrected chi connectivity index (χ0v) is 22.2. The second kappa shape index (κ2) is 12.1. The van der Waals surface area contributed by atoms with Crippen LogP contribution in [0.4, 0.5) is 11.4 Å². The van der Waals surface area contributed by atoms with E-state index in [0.717, 1.165) is 40.3 Å². The van der Waals surface area contributed by atoms with Crippen molar-refractivity contribution >= 4 is 52.5 Å². The first-order chi connectivity index (χ1) is 17.9. The number of imide groups is 1. The zero-order chi connectivity index (χ0) is 26.4. The number of nitrogens with zero attached hydrogens (tertiary/aromatic N) is 1. The van der Waals surface area contributed by atoms with Gasteiger partial charge in [0.05, 0.1) is 17.9 Å². The van der Waals surface area contributed by atoms with Crippen LogP contribution in [0.3, 0.4) is 0 Å². The molecule has 3 aromatic rings. The Kier molecular flexibility index (Phi) is 8.69. The van der Waals surface area contributed by atoms with Gasteiger partial charge in [0.25, 0.3) is 11.8 Å². The minimum Gasteiger partial charge on any atom is -0.462 e. The highest BCUT2D eigenvalue weighted by Crippen LogP contribution is 2.38. The van der Waals surface area contributed by atoms with E-state index < -0.39 is 17.8 Å². The fraction of sp³-hybridized carbons (Fsp3) is 0.207. The maximum Gasteiger partial charge on any atom is 0.338 e. The molecule has 0 saturated heterocycles. The van der Waals surface area contributed by atoms with Gasteiger partial charge in [0.15, 0.2) is 0 Å². The van der Waals surface area contributed by atoms with Crippen LogP contribution in [0.15, 0.2) is 88.3 Å². The number of benzene rings is 3. The lowest BCUT2D eigenvalue weighted by Gasteiger charge is -2.16. The normalized spacial score (nSPS) is 13.3. The molecule has 6 nitrogen and oxygen atoms in total. The van der Waals surface area contributed by atoms with E-state index in [1.807, 2.05) is 38.1 Å². The Hall–Kier alpha value is -3.55. The monoisotopic (exact) mass is 534 g/mol. The number of para-hydroxylation sites is 1. The number of rotatable bonds is 10. The molecule has 0 saturated carbocycles. The van der Waals surface area contributed by atoms with E-state index in [9.17, 15) is 14.4 Å². The summed E-state index contributed by atoms with van der Waals surface area (Å²) in [6.45, 7) is 4.40. The molecular weight excluding hydrogens is 508 g/mol. The van der Waals surface area contributed by atoms with Gasteiger partial charge < -0.3 is 10.1 Å². The Morgan fingerprint density at radius 3 is 2.32 bits per heavy atom. The van der Waals surface area contributed by atoms with Crippen LogP contribution < -0.4 is 10.2 Å². The highest BCUT2D eigenvalue weighted by Gasteiger charge is 2.40. The van der Waals surface area contributed by atoms with Crippen LogP contribution in [-0.2, 0) is 20.7 Å². The van der Waals surface area contributed by atoms with E-state index in [4.69, 9.17) is 16.3 Å². The van der Waals surface area contributed by atoms with E-state index in [1.54, 1.807) is 48.5 Å². The zero-order valence-electron chi connectivity index (χ0n) is 20.6. The van der Waals surface area contributed by atoms with Crippen molar-refractivity contribution < 1.29 is 19.1 Å². The van der Waals surface area contributed by atoms with Gasteiger partial charge in [-0.2, -0.15) is 0 Å². The molecule has 3 aromatic carbocycles. The summed E-state index contributed by atoms with van der Waals surface area (Å²) < 4.78 is 5.26. The van der Waals surface area contributed by atoms with Crippen molar-refractivity contribution in [3.05, 3.63) is 99.5 Å². The molecule has 0 unspecified atom stereocenters. The van der Waals surface area contributed by atoms with Crippen molar-refractivity contribution in [3.63, 3.8) is 0 Å². The molecule has 37 heavy (non-hydrogen) atoms. The maximum atomic E-state index is 13.6. The number of ether oxygens (including phenoxy) is 1. The summed E-state index contributed by atoms with van der Waals surface area (Å²) in [5.41, 5.74) is 2.72. The van der Waals surface area contributed by atoms with Gasteiger partial charge in [-0.25, -0.2) is 9.69 Å². The number of carbonyl (C=O) groups excluding carboxylic acids is 3. The first-order valence-electron chi connectivity index (χ1n) is 12.1. The van der Waals surface area contributed by atoms with Crippen molar-refractivity contribution in [2.75, 3.05) is 16.8 Å². The van der Waals surface area contributed by atoms with Gasteiger partial charge in [-0.05, 0) is 73.0 Å². The van der Waals surface area contributed by atoms with Gasteiger partial charge in [0.2, 0.25) is 0 Å². The lowest BCUT2D eigenvalue weighted by Crippen LogP contribution is -2.32. The summed E-state index contributed by atoms with van der Waals surface area (Å²) >= 11 is 7.23. The molecule has 1 aliphatic rings. The Balaban J connectivity index is 1.65. The highest BCUT2D eigenvalue weighted by molar-refractivity contribution is 8.04. The molecule has 190 valence electrons. The molecular formula is C29H27ClN2O4S. The number of esters is 1. The van der Waals surface area contributed by atoms with E-state index >= 15 is 0 Å². The topological polar surface area (TPSA) is 75.7 Å². The van der Waals surface area contributed by atoms with Crippen molar-refractivity contribution in [1.29, 1.82) is 0 Å². The summed E-state index contributed by atoms with van der Waals surface area (Å²) in [6, 6.07) is 21.1. The van der Waals surface area contributed by atoms with Crippen molar-refractivity contribution in [1.82, 2.24) is 0 Å². The number of thioether (sulfide) groups is 1. The Bertz CT molecular complexity index is 1340. The molecule has 0 radical (unpaired) electrons. The minimum atomic E-state index is -0.467. The molecule has 0 aromatic heterocycles. The summed E-state index contributed by atoms with van der Waals surface area (Å²) in [5, 5.41) is 3.81. The Labute approximate surface area is 225 Å². The molecule has 0 spiro atoms. The number of anilines is 2. The number of hydrogen-bond donors (Lipinski definition) is 1. The molecule has 0 bridgehead atoms. The molecule has 1 aliphatic heterocycles. The van der Waals surface area contributed by atoms with Crippen LogP contribution in [-0.4, -0.2) is 24.4 Å². The summed E-state index contributed by atoms with van der Waals surface area (Å²) in [7, 11) is 0. The SMILES string of the molecule is CCCCOC(=O)c1ccc(N2C(=O)C(Nc3ccccc3CC)=C(Sc3ccc(Cl)cc3)C2=O)cc1. The molecule has 2 amide bonds. The molecule has 1 N–H and O–H groups in total. The van der Waals surface area contributed by atoms with E-state index in [2.05, 4.69) is 5.32 Å². The predicted octanol–water partition coefficient (Wildman–Crippen LogP) is 6.85. The van der Waals surface area contributed by atoms with Crippen molar-refractivity contribution in [3.8, 4) is 0 Å². The third-order valence-electron chi connectivity index (χ3n) is 5.83. The predicted molar refractivity (Wildman–Crippen MR) is 148 cm³/mol. The summed E-state index contributed by atoms with van der Waals surface area (Å²) in [5.74, 6) is -1.35. The number of nitrogens with one attached hydrogen (secondary N) is 1. The number of aryl methyl sites for hydroxylation is 1. The molecule has 8 heteroatoms. The first-order valence-corrected chi connectivity index (χ1v) is 13.3. The van der Waals surface area contributed by atoms with Gasteiger partial charge in [-0.1, -0.05) is 61.8 Å². The lowest BCUT2D eigenvalue weighted by atomic mass is 10.1. The number of amides is 2. The van der Waals surface area contributed by atoms with Crippen LogP contribution in [0.2, 0.25) is 5.02 Å². The summed E-state index contributed by atoms with van der Waals surface area (Å²) in [6.07, 6.45) is 2.48. The quantitative estimate of drug-likeness (QED) is 0.174. The third-order valence-corrected chi connectivity index (χ3v) is 7.17. The fourth-order valence-corrected chi connectivity index (χ4v) is 4.85. The molecule has 0 aliphatic carbocycles. The lowest BCUT2D eigenvalue weighted by molar-refractivity contribution is -0.120. The van der Waals surface area contributed by atoms with Crippen molar-refractivity contribution in [2.45, 2.75) is 38.0 Å². The molecule has 4 rings (SSSR count). The fourth-order valence-electron chi connectivity index (χ4n) is 3.79. The van der Waals surface area contributed by atoms with Crippen LogP contribution in [0.1, 0.15) is 42.6 Å². The second-order valence-electron chi connectivity index (χ2n) is 8.38. The van der Waals surface area contributed by atoms with Gasteiger partial charge >= 0.3 is 5.97 Å². The van der Waals surface area contributed by atoms with Gasteiger partial charge in [0.1, 0.15) is 10.6 Å². The number of hydrogen-bond acceptors (Lipinski definition) is 6. The number of halogens is 1. The third kappa shape index (κ3) is 6.06. The smallest absolute Gasteiger partial charge is 0.338 e. The second-order valence-corrected chi connectivity index (χ2v) is 9.90. The molecule has 0 atom stereocenters. The first kappa shape index (κ1) is 26.5. The maximum absolute atomic E-state index is 13.6. The van der Waals surface area contributed by atoms with Crippen LogP contribution in [0, 0.1) is 0 Å². The van der Waals surface area contributed by atoms with Gasteiger partial charge in [-0.3, -0.25) is 9.59 Å². The van der Waals surface area contributed by atoms with Crippen LogP contribution >= 0.6 is 23.4 Å². The Morgan fingerprint density at radius 1 is 0.946 bits per heavy atom. The molecule has 1 heterocycles. The van der Waals surface area contributed by atoms with Gasteiger partial charge in [-0.15, -0.1) is 0 Å². The average molecular weight is 535 g/mol. The Morgan fingerprint density at radius 2 is 1.65 bits per heavy atom. The largest absolute Gasteiger partial charge is 0.462 e. The number of carbonyl (C=O) groups is 3. The van der Waals surface area contributed by atoms with E-state index in [-0.39, 0.29) is 10.6 Å². The standard InChI is InChI=1S/C29H27ClN2O4S/c1-3-5-18-36-29(35)20-10-14-22(15-11-20)32-27(33)25(31-24-9-7-6-8-19(24)4-2)26(28(32)34)37-23-16-12-21(30)13-17-23/h6-17,31H,3-5,18H2,1-2H3. The highest BCUT2D eigenvalue weighted by atomic mass is 35.5. The van der Waals surface area contributed by atoms with Crippen LogP contribution in [0.5, 0.6) is 0 Å². The van der Waals surface area contributed by atoms with E-state index in [0.29, 0.717) is 22.9 Å².